The molecule has 0 saturated heterocycles. The van der Waals surface area contributed by atoms with E-state index in [1.807, 2.05) is 30.3 Å². The molecule has 1 fully saturated rings. The lowest BCUT2D eigenvalue weighted by atomic mass is 9.87. The number of fused-ring (bicyclic) bond motifs is 1. The number of hydrogen-bond donors (Lipinski definition) is 2. The van der Waals surface area contributed by atoms with E-state index in [1.165, 1.54) is 29.8 Å². The van der Waals surface area contributed by atoms with Crippen LogP contribution in [-0.4, -0.2) is 46.0 Å². The summed E-state index contributed by atoms with van der Waals surface area (Å²) in [6, 6.07) is 24.0. The van der Waals surface area contributed by atoms with Crippen LogP contribution >= 0.6 is 0 Å². The predicted octanol–water partition coefficient (Wildman–Crippen LogP) is 9.21. The van der Waals surface area contributed by atoms with Crippen molar-refractivity contribution in [3.8, 4) is 28.7 Å². The Balaban J connectivity index is 1.13. The van der Waals surface area contributed by atoms with E-state index in [9.17, 15) is 28.3 Å². The summed E-state index contributed by atoms with van der Waals surface area (Å²) >= 11 is 0. The van der Waals surface area contributed by atoms with Crippen molar-refractivity contribution in [3.05, 3.63) is 113 Å². The molecule has 4 aromatic rings. The summed E-state index contributed by atoms with van der Waals surface area (Å²) in [6.07, 6.45) is 1.40. The molecule has 55 heavy (non-hydrogen) atoms. The molecule has 11 heteroatoms. The van der Waals surface area contributed by atoms with Crippen molar-refractivity contribution in [3.63, 3.8) is 0 Å². The zero-order valence-corrected chi connectivity index (χ0v) is 31.6. The Hall–Kier alpha value is -5.45. The van der Waals surface area contributed by atoms with E-state index >= 15 is 0 Å². The van der Waals surface area contributed by atoms with Crippen molar-refractivity contribution in [2.75, 3.05) is 0 Å². The van der Waals surface area contributed by atoms with Crippen LogP contribution in [0.5, 0.6) is 28.7 Å². The van der Waals surface area contributed by atoms with Gasteiger partial charge in [0.25, 0.3) is 0 Å². The second-order valence-corrected chi connectivity index (χ2v) is 15.6. The van der Waals surface area contributed by atoms with Gasteiger partial charge in [-0.05, 0) is 107 Å². The summed E-state index contributed by atoms with van der Waals surface area (Å²) in [4.78, 5) is 41.9. The number of carbonyl (C=O) groups excluding carboxylic acids is 2. The number of aliphatic carboxylic acids is 1. The van der Waals surface area contributed by atoms with Crippen LogP contribution in [0.4, 0.5) is 8.78 Å². The first-order valence-corrected chi connectivity index (χ1v) is 18.8. The minimum absolute atomic E-state index is 0.00459. The molecule has 0 aromatic heterocycles. The number of carboxylic acids is 1. The molecule has 2 N–H and O–H groups in total. The maximum atomic E-state index is 14.0. The molecule has 1 aliphatic carbocycles. The summed E-state index contributed by atoms with van der Waals surface area (Å²) < 4.78 is 42.8. The van der Waals surface area contributed by atoms with E-state index in [1.54, 1.807) is 29.2 Å². The average Bonchev–Trinajstić information content (AvgIpc) is 3.64. The highest BCUT2D eigenvalue weighted by Crippen LogP contribution is 2.34. The van der Waals surface area contributed by atoms with Gasteiger partial charge in [0, 0.05) is 32.7 Å². The largest absolute Gasteiger partial charge is 0.480 e. The third-order valence-corrected chi connectivity index (χ3v) is 10.2. The van der Waals surface area contributed by atoms with Gasteiger partial charge in [-0.3, -0.25) is 9.59 Å². The lowest BCUT2D eigenvalue weighted by Crippen LogP contribution is -2.56. The van der Waals surface area contributed by atoms with Gasteiger partial charge in [0.2, 0.25) is 11.8 Å². The van der Waals surface area contributed by atoms with Gasteiger partial charge in [-0.25, -0.2) is 4.79 Å². The van der Waals surface area contributed by atoms with E-state index in [2.05, 4.69) is 43.0 Å². The van der Waals surface area contributed by atoms with Crippen LogP contribution in [0.1, 0.15) is 82.1 Å². The number of amides is 2. The molecule has 0 radical (unpaired) electrons. The fraction of sp³-hybridized carbons (Fsp3) is 0.386. The molecule has 2 atom stereocenters. The summed E-state index contributed by atoms with van der Waals surface area (Å²) in [5, 5.41) is 12.9. The first kappa shape index (κ1) is 39.2. The van der Waals surface area contributed by atoms with E-state index < -0.39 is 30.1 Å². The summed E-state index contributed by atoms with van der Waals surface area (Å²) in [5.41, 5.74) is 3.63. The Kier molecular flexibility index (Phi) is 11.8. The molecule has 9 nitrogen and oxygen atoms in total. The molecule has 290 valence electrons. The maximum Gasteiger partial charge on any atom is 0.394 e. The number of halogens is 2. The number of nitrogens with one attached hydrogen (secondary N) is 1. The zero-order valence-electron chi connectivity index (χ0n) is 31.6. The quantitative estimate of drug-likeness (QED) is 0.140. The smallest absolute Gasteiger partial charge is 0.394 e. The molecule has 1 saturated carbocycles. The van der Waals surface area contributed by atoms with Crippen LogP contribution in [0, 0.1) is 5.92 Å². The van der Waals surface area contributed by atoms with Crippen molar-refractivity contribution in [1.82, 2.24) is 10.2 Å². The maximum absolute atomic E-state index is 14.0. The first-order valence-electron chi connectivity index (χ1n) is 18.8. The molecule has 0 unspecified atom stereocenters. The SMILES string of the molecule is CC(F)(F)Oc1ccc(Oc2ccc(C[C@H](NC(=O)[C@@H]3Cc4ccc(Oc5ccc(C(C)(C)C)cc5)cc4CN3C(=O)CC3CCCC3)C(=O)O)cc2)cc1. The second kappa shape index (κ2) is 16.5. The van der Waals surface area contributed by atoms with E-state index in [-0.39, 0.29) is 42.4 Å². The van der Waals surface area contributed by atoms with Crippen LogP contribution in [0.3, 0.4) is 0 Å². The normalized spacial score (nSPS) is 16.5. The molecule has 1 aliphatic heterocycles. The molecule has 2 amide bonds. The van der Waals surface area contributed by atoms with Gasteiger partial charge >= 0.3 is 12.1 Å². The Morgan fingerprint density at radius 1 is 0.782 bits per heavy atom. The van der Waals surface area contributed by atoms with Crippen molar-refractivity contribution in [2.24, 2.45) is 5.92 Å². The zero-order chi connectivity index (χ0) is 39.3. The monoisotopic (exact) mass is 754 g/mol. The molecule has 4 aromatic carbocycles. The highest BCUT2D eigenvalue weighted by atomic mass is 19.3. The third kappa shape index (κ3) is 10.6. The van der Waals surface area contributed by atoms with E-state index in [0.717, 1.165) is 36.8 Å². The number of alkyl halides is 2. The molecular formula is C44H48F2N2O7. The lowest BCUT2D eigenvalue weighted by Gasteiger charge is -2.37. The van der Waals surface area contributed by atoms with Gasteiger partial charge in [-0.1, -0.05) is 63.9 Å². The fourth-order valence-corrected chi connectivity index (χ4v) is 7.17. The van der Waals surface area contributed by atoms with Crippen molar-refractivity contribution < 1.29 is 42.5 Å². The highest BCUT2D eigenvalue weighted by Gasteiger charge is 2.37. The lowest BCUT2D eigenvalue weighted by molar-refractivity contribution is -0.159. The average molecular weight is 755 g/mol. The first-order chi connectivity index (χ1) is 26.1. The van der Waals surface area contributed by atoms with Crippen LogP contribution in [-0.2, 0) is 39.2 Å². The molecule has 1 heterocycles. The summed E-state index contributed by atoms with van der Waals surface area (Å²) in [6.45, 7) is 7.33. The number of carboxylic acid groups (broad SMARTS) is 1. The van der Waals surface area contributed by atoms with Crippen LogP contribution in [0.2, 0.25) is 0 Å². The van der Waals surface area contributed by atoms with Gasteiger partial charge in [0.1, 0.15) is 40.8 Å². The Bertz CT molecular complexity index is 1960. The van der Waals surface area contributed by atoms with Gasteiger partial charge < -0.3 is 29.5 Å². The summed E-state index contributed by atoms with van der Waals surface area (Å²) in [7, 11) is 0. The number of rotatable bonds is 13. The standard InChI is InChI=1S/C44H48F2N2O7/c1-43(2,3)32-12-17-34(18-13-32)54-37-16-11-30-26-39(48(27-31(30)25-37)40(49)24-28-7-5-6-8-28)41(50)47-38(42(51)52)23-29-9-14-33(15-10-29)53-35-19-21-36(22-20-35)55-44(4,45)46/h9-22,25,28,38-39H,5-8,23-24,26-27H2,1-4H3,(H,47,50)(H,51,52)/t38-,39-/m0/s1. The van der Waals surface area contributed by atoms with Crippen LogP contribution < -0.4 is 19.5 Å². The minimum Gasteiger partial charge on any atom is -0.480 e. The van der Waals surface area contributed by atoms with Crippen molar-refractivity contribution in [1.29, 1.82) is 0 Å². The molecule has 0 spiro atoms. The van der Waals surface area contributed by atoms with Gasteiger partial charge in [-0.2, -0.15) is 8.78 Å². The highest BCUT2D eigenvalue weighted by molar-refractivity contribution is 5.91. The third-order valence-electron chi connectivity index (χ3n) is 10.2. The number of hydrogen-bond acceptors (Lipinski definition) is 6. The summed E-state index contributed by atoms with van der Waals surface area (Å²) in [5.74, 6) is 0.580. The second-order valence-electron chi connectivity index (χ2n) is 15.6. The van der Waals surface area contributed by atoms with Crippen LogP contribution in [0.25, 0.3) is 0 Å². The molecule has 6 rings (SSSR count). The van der Waals surface area contributed by atoms with Gasteiger partial charge in [0.15, 0.2) is 0 Å². The molecule has 2 aliphatic rings. The Morgan fingerprint density at radius 2 is 1.33 bits per heavy atom. The minimum atomic E-state index is -3.31. The molecule has 0 bridgehead atoms. The topological polar surface area (TPSA) is 114 Å². The van der Waals surface area contributed by atoms with Crippen molar-refractivity contribution in [2.45, 2.75) is 103 Å². The number of carbonyl (C=O) groups is 3. The van der Waals surface area contributed by atoms with Crippen molar-refractivity contribution >= 4 is 17.8 Å². The predicted molar refractivity (Wildman–Crippen MR) is 204 cm³/mol. The number of ether oxygens (including phenoxy) is 3. The molecular weight excluding hydrogens is 706 g/mol. The van der Waals surface area contributed by atoms with E-state index in [4.69, 9.17) is 9.47 Å². The van der Waals surface area contributed by atoms with Crippen LogP contribution in [0.15, 0.2) is 91.0 Å². The van der Waals surface area contributed by atoms with Gasteiger partial charge in [-0.15, -0.1) is 0 Å². The fourth-order valence-electron chi connectivity index (χ4n) is 7.17. The number of nitrogens with zero attached hydrogens (tertiary/aromatic N) is 1. The Labute approximate surface area is 320 Å². The van der Waals surface area contributed by atoms with E-state index in [0.29, 0.717) is 41.9 Å². The number of benzene rings is 4. The Morgan fingerprint density at radius 3 is 1.91 bits per heavy atom. The van der Waals surface area contributed by atoms with Gasteiger partial charge in [0.05, 0.1) is 0 Å².